The summed E-state index contributed by atoms with van der Waals surface area (Å²) in [5.74, 6) is 2.48. The van der Waals surface area contributed by atoms with Crippen LogP contribution in [0, 0.1) is 0 Å². The van der Waals surface area contributed by atoms with E-state index in [1.165, 1.54) is 0 Å². The molecule has 0 aliphatic carbocycles. The molecular weight excluding hydrogens is 290 g/mol. The fraction of sp³-hybridized carbons (Fsp3) is 0.111. The summed E-state index contributed by atoms with van der Waals surface area (Å²) in [6.45, 7) is 0.816. The molecule has 2 N–H and O–H groups in total. The summed E-state index contributed by atoms with van der Waals surface area (Å²) in [5.41, 5.74) is 6.64. The first-order valence-electron chi connectivity index (χ1n) is 7.30. The van der Waals surface area contributed by atoms with E-state index >= 15 is 0 Å². The first-order chi connectivity index (χ1) is 11.3. The molecular formula is C18H17N3O2. The molecule has 0 amide bonds. The lowest BCUT2D eigenvalue weighted by Crippen LogP contribution is -2.03. The molecule has 1 aromatic heterocycles. The molecule has 116 valence electrons. The lowest BCUT2D eigenvalue weighted by molar-refractivity contribution is 0.305. The van der Waals surface area contributed by atoms with Crippen LogP contribution in [0.2, 0.25) is 0 Å². The van der Waals surface area contributed by atoms with Crippen molar-refractivity contribution in [2.75, 3.05) is 0 Å². The highest BCUT2D eigenvalue weighted by Crippen LogP contribution is 2.22. The molecule has 5 heteroatoms. The molecule has 0 aliphatic rings. The molecule has 2 aromatic carbocycles. The standard InChI is InChI=1S/C18H17N3O2/c19-12-17-20-11-10-18(21-17)23-16-8-6-15(7-9-16)22-13-14-4-2-1-3-5-14/h1-11H,12-13,19H2. The third-order valence-electron chi connectivity index (χ3n) is 3.16. The van der Waals surface area contributed by atoms with Crippen LogP contribution in [-0.4, -0.2) is 9.97 Å². The van der Waals surface area contributed by atoms with E-state index in [-0.39, 0.29) is 6.54 Å². The SMILES string of the molecule is NCc1nccc(Oc2ccc(OCc3ccccc3)cc2)n1. The van der Waals surface area contributed by atoms with E-state index in [1.54, 1.807) is 12.3 Å². The minimum absolute atomic E-state index is 0.281. The molecule has 0 atom stereocenters. The summed E-state index contributed by atoms with van der Waals surface area (Å²) >= 11 is 0. The molecule has 0 bridgehead atoms. The summed E-state index contributed by atoms with van der Waals surface area (Å²) in [4.78, 5) is 8.23. The van der Waals surface area contributed by atoms with Crippen molar-refractivity contribution in [3.05, 3.63) is 78.2 Å². The molecule has 0 fully saturated rings. The average molecular weight is 307 g/mol. The Hall–Kier alpha value is -2.92. The van der Waals surface area contributed by atoms with Crippen molar-refractivity contribution in [2.24, 2.45) is 5.73 Å². The van der Waals surface area contributed by atoms with Crippen molar-refractivity contribution in [3.8, 4) is 17.4 Å². The zero-order chi connectivity index (χ0) is 15.9. The Morgan fingerprint density at radius 3 is 2.35 bits per heavy atom. The van der Waals surface area contributed by atoms with E-state index < -0.39 is 0 Å². The van der Waals surface area contributed by atoms with E-state index in [4.69, 9.17) is 15.2 Å². The fourth-order valence-electron chi connectivity index (χ4n) is 2.00. The van der Waals surface area contributed by atoms with Gasteiger partial charge in [0.05, 0.1) is 6.54 Å². The molecule has 0 radical (unpaired) electrons. The quantitative estimate of drug-likeness (QED) is 0.756. The zero-order valence-corrected chi connectivity index (χ0v) is 12.6. The second-order valence-corrected chi connectivity index (χ2v) is 4.86. The number of hydrogen-bond donors (Lipinski definition) is 1. The van der Waals surface area contributed by atoms with Crippen LogP contribution < -0.4 is 15.2 Å². The van der Waals surface area contributed by atoms with Gasteiger partial charge < -0.3 is 15.2 Å². The van der Waals surface area contributed by atoms with Gasteiger partial charge in [0.15, 0.2) is 0 Å². The third-order valence-corrected chi connectivity index (χ3v) is 3.16. The van der Waals surface area contributed by atoms with E-state index in [2.05, 4.69) is 9.97 Å². The first-order valence-corrected chi connectivity index (χ1v) is 7.30. The topological polar surface area (TPSA) is 70.3 Å². The highest BCUT2D eigenvalue weighted by Gasteiger charge is 2.02. The van der Waals surface area contributed by atoms with Crippen molar-refractivity contribution in [1.82, 2.24) is 9.97 Å². The molecule has 0 saturated heterocycles. The van der Waals surface area contributed by atoms with Crippen molar-refractivity contribution >= 4 is 0 Å². The molecule has 23 heavy (non-hydrogen) atoms. The Morgan fingerprint density at radius 2 is 1.61 bits per heavy atom. The Morgan fingerprint density at radius 1 is 0.870 bits per heavy atom. The highest BCUT2D eigenvalue weighted by atomic mass is 16.5. The summed E-state index contributed by atoms with van der Waals surface area (Å²) in [5, 5.41) is 0. The van der Waals surface area contributed by atoms with E-state index in [0.717, 1.165) is 11.3 Å². The summed E-state index contributed by atoms with van der Waals surface area (Å²) in [6, 6.07) is 19.1. The second-order valence-electron chi connectivity index (χ2n) is 4.86. The van der Waals surface area contributed by atoms with Crippen molar-refractivity contribution < 1.29 is 9.47 Å². The van der Waals surface area contributed by atoms with Crippen LogP contribution in [-0.2, 0) is 13.2 Å². The monoisotopic (exact) mass is 307 g/mol. The minimum Gasteiger partial charge on any atom is -0.489 e. The van der Waals surface area contributed by atoms with Gasteiger partial charge in [-0.25, -0.2) is 4.98 Å². The normalized spacial score (nSPS) is 10.3. The van der Waals surface area contributed by atoms with Gasteiger partial charge in [0.25, 0.3) is 0 Å². The maximum absolute atomic E-state index is 5.74. The molecule has 0 aliphatic heterocycles. The zero-order valence-electron chi connectivity index (χ0n) is 12.6. The summed E-state index contributed by atoms with van der Waals surface area (Å²) in [7, 11) is 0. The van der Waals surface area contributed by atoms with Crippen LogP contribution in [0.3, 0.4) is 0 Å². The number of nitrogens with two attached hydrogens (primary N) is 1. The maximum atomic E-state index is 5.74. The van der Waals surface area contributed by atoms with Gasteiger partial charge in [-0.2, -0.15) is 4.98 Å². The molecule has 0 saturated carbocycles. The Kier molecular flexibility index (Phi) is 4.81. The van der Waals surface area contributed by atoms with E-state index in [0.29, 0.717) is 24.1 Å². The van der Waals surface area contributed by atoms with Crippen molar-refractivity contribution in [1.29, 1.82) is 0 Å². The number of ether oxygens (including phenoxy) is 2. The first kappa shape index (κ1) is 15.0. The number of nitrogens with zero attached hydrogens (tertiary/aromatic N) is 2. The maximum Gasteiger partial charge on any atom is 0.222 e. The predicted molar refractivity (Wildman–Crippen MR) is 87.2 cm³/mol. The van der Waals surface area contributed by atoms with Gasteiger partial charge in [-0.15, -0.1) is 0 Å². The van der Waals surface area contributed by atoms with Gasteiger partial charge in [0.2, 0.25) is 5.88 Å². The van der Waals surface area contributed by atoms with Gasteiger partial charge >= 0.3 is 0 Å². The van der Waals surface area contributed by atoms with Gasteiger partial charge in [-0.3, -0.25) is 0 Å². The van der Waals surface area contributed by atoms with Crippen molar-refractivity contribution in [2.45, 2.75) is 13.2 Å². The van der Waals surface area contributed by atoms with Crippen LogP contribution in [0.25, 0.3) is 0 Å². The van der Waals surface area contributed by atoms with Gasteiger partial charge in [0, 0.05) is 12.3 Å². The number of aromatic nitrogens is 2. The Balaban J connectivity index is 1.60. The van der Waals surface area contributed by atoms with E-state index in [9.17, 15) is 0 Å². The lowest BCUT2D eigenvalue weighted by Gasteiger charge is -2.08. The van der Waals surface area contributed by atoms with Crippen LogP contribution in [0.4, 0.5) is 0 Å². The van der Waals surface area contributed by atoms with Crippen molar-refractivity contribution in [3.63, 3.8) is 0 Å². The largest absolute Gasteiger partial charge is 0.489 e. The van der Waals surface area contributed by atoms with Crippen LogP contribution in [0.1, 0.15) is 11.4 Å². The minimum atomic E-state index is 0.281. The summed E-state index contributed by atoms with van der Waals surface area (Å²) < 4.78 is 11.4. The van der Waals surface area contributed by atoms with Gasteiger partial charge in [-0.1, -0.05) is 30.3 Å². The second kappa shape index (κ2) is 7.38. The number of rotatable bonds is 6. The molecule has 0 unspecified atom stereocenters. The fourth-order valence-corrected chi connectivity index (χ4v) is 2.00. The number of benzene rings is 2. The van der Waals surface area contributed by atoms with Gasteiger partial charge in [-0.05, 0) is 29.8 Å². The van der Waals surface area contributed by atoms with Gasteiger partial charge in [0.1, 0.15) is 23.9 Å². The third kappa shape index (κ3) is 4.28. The number of hydrogen-bond acceptors (Lipinski definition) is 5. The molecule has 5 nitrogen and oxygen atoms in total. The van der Waals surface area contributed by atoms with Crippen LogP contribution in [0.5, 0.6) is 17.4 Å². The Bertz CT molecular complexity index is 746. The highest BCUT2D eigenvalue weighted by molar-refractivity contribution is 5.33. The van der Waals surface area contributed by atoms with E-state index in [1.807, 2.05) is 54.6 Å². The molecule has 3 aromatic rings. The molecule has 3 rings (SSSR count). The molecule has 1 heterocycles. The smallest absolute Gasteiger partial charge is 0.222 e. The average Bonchev–Trinajstić information content (AvgIpc) is 2.62. The Labute approximate surface area is 134 Å². The van der Waals surface area contributed by atoms with Crippen LogP contribution >= 0.6 is 0 Å². The lowest BCUT2D eigenvalue weighted by atomic mass is 10.2. The predicted octanol–water partition coefficient (Wildman–Crippen LogP) is 3.31. The molecule has 0 spiro atoms. The summed E-state index contributed by atoms with van der Waals surface area (Å²) in [6.07, 6.45) is 1.63. The van der Waals surface area contributed by atoms with Crippen LogP contribution in [0.15, 0.2) is 66.9 Å².